The van der Waals surface area contributed by atoms with Gasteiger partial charge in [0.2, 0.25) is 5.95 Å². The van der Waals surface area contributed by atoms with Crippen molar-refractivity contribution < 1.29 is 9.53 Å². The van der Waals surface area contributed by atoms with Crippen LogP contribution >= 0.6 is 12.2 Å². The zero-order valence-corrected chi connectivity index (χ0v) is 10.5. The molecule has 0 bridgehead atoms. The van der Waals surface area contributed by atoms with Crippen LogP contribution in [0.4, 0.5) is 5.95 Å². The maximum absolute atomic E-state index is 11.9. The van der Waals surface area contributed by atoms with Crippen molar-refractivity contribution >= 4 is 24.1 Å². The van der Waals surface area contributed by atoms with Gasteiger partial charge in [0, 0.05) is 0 Å². The summed E-state index contributed by atoms with van der Waals surface area (Å²) in [5, 5.41) is 6.34. The van der Waals surface area contributed by atoms with E-state index in [1.165, 1.54) is 11.7 Å². The average molecular weight is 264 g/mol. The SMILES string of the molecule is COC(=O)C(c1ccccc1)n1c(N)n[nH]c1=S. The molecule has 0 fully saturated rings. The summed E-state index contributed by atoms with van der Waals surface area (Å²) in [6.07, 6.45) is 0. The number of carbonyl (C=O) groups is 1. The minimum atomic E-state index is -0.734. The van der Waals surface area contributed by atoms with Gasteiger partial charge in [-0.15, -0.1) is 5.10 Å². The molecule has 0 saturated carbocycles. The number of benzene rings is 1. The second-order valence-electron chi connectivity index (χ2n) is 3.59. The first-order chi connectivity index (χ1) is 8.65. The van der Waals surface area contributed by atoms with E-state index in [0.717, 1.165) is 5.56 Å². The van der Waals surface area contributed by atoms with Gasteiger partial charge in [-0.1, -0.05) is 30.3 Å². The van der Waals surface area contributed by atoms with E-state index >= 15 is 0 Å². The number of nitrogens with two attached hydrogens (primary N) is 1. The monoisotopic (exact) mass is 264 g/mol. The van der Waals surface area contributed by atoms with E-state index in [9.17, 15) is 4.79 Å². The van der Waals surface area contributed by atoms with E-state index in [1.54, 1.807) is 12.1 Å². The van der Waals surface area contributed by atoms with Crippen molar-refractivity contribution in [2.75, 3.05) is 12.8 Å². The number of carbonyl (C=O) groups excluding carboxylic acids is 1. The minimum Gasteiger partial charge on any atom is -0.467 e. The summed E-state index contributed by atoms with van der Waals surface area (Å²) in [7, 11) is 1.32. The summed E-state index contributed by atoms with van der Waals surface area (Å²) in [5.74, 6) is -0.315. The molecule has 6 nitrogen and oxygen atoms in total. The van der Waals surface area contributed by atoms with Crippen molar-refractivity contribution in [2.24, 2.45) is 0 Å². The van der Waals surface area contributed by atoms with E-state index in [-0.39, 0.29) is 10.7 Å². The topological polar surface area (TPSA) is 85.9 Å². The zero-order valence-electron chi connectivity index (χ0n) is 9.66. The number of aromatic nitrogens is 3. The molecule has 94 valence electrons. The number of rotatable bonds is 3. The number of nitrogens with zero attached hydrogens (tertiary/aromatic N) is 2. The maximum Gasteiger partial charge on any atom is 0.333 e. The van der Waals surface area contributed by atoms with Crippen molar-refractivity contribution in [1.82, 2.24) is 14.8 Å². The summed E-state index contributed by atoms with van der Waals surface area (Å²) in [5.41, 5.74) is 6.45. The molecule has 0 radical (unpaired) electrons. The van der Waals surface area contributed by atoms with Crippen LogP contribution in [0, 0.1) is 4.77 Å². The van der Waals surface area contributed by atoms with Gasteiger partial charge in [-0.25, -0.2) is 9.89 Å². The Morgan fingerprint density at radius 2 is 2.17 bits per heavy atom. The molecule has 1 aromatic heterocycles. The van der Waals surface area contributed by atoms with Crippen molar-refractivity contribution in [3.63, 3.8) is 0 Å². The zero-order chi connectivity index (χ0) is 13.1. The molecule has 0 saturated heterocycles. The molecule has 0 aliphatic rings. The molecule has 18 heavy (non-hydrogen) atoms. The maximum atomic E-state index is 11.9. The number of nitrogen functional groups attached to an aromatic ring is 1. The third-order valence-electron chi connectivity index (χ3n) is 2.53. The smallest absolute Gasteiger partial charge is 0.333 e. The highest BCUT2D eigenvalue weighted by atomic mass is 32.1. The Morgan fingerprint density at radius 3 is 2.67 bits per heavy atom. The fraction of sp³-hybridized carbons (Fsp3) is 0.182. The number of esters is 1. The second-order valence-corrected chi connectivity index (χ2v) is 3.98. The molecule has 0 spiro atoms. The van der Waals surface area contributed by atoms with E-state index in [0.29, 0.717) is 0 Å². The molecule has 1 aromatic carbocycles. The lowest BCUT2D eigenvalue weighted by Gasteiger charge is -2.16. The van der Waals surface area contributed by atoms with Crippen LogP contribution in [0.2, 0.25) is 0 Å². The molecular formula is C11H12N4O2S. The first-order valence-corrected chi connectivity index (χ1v) is 5.61. The van der Waals surface area contributed by atoms with Gasteiger partial charge in [0.05, 0.1) is 7.11 Å². The Balaban J connectivity index is 2.58. The van der Waals surface area contributed by atoms with Gasteiger partial charge in [-0.05, 0) is 17.8 Å². The Labute approximate surface area is 108 Å². The first kappa shape index (κ1) is 12.3. The van der Waals surface area contributed by atoms with Gasteiger partial charge in [-0.3, -0.25) is 4.57 Å². The normalized spacial score (nSPS) is 12.1. The number of H-pyrrole nitrogens is 1. The van der Waals surface area contributed by atoms with E-state index in [1.807, 2.05) is 18.2 Å². The van der Waals surface area contributed by atoms with Crippen molar-refractivity contribution in [2.45, 2.75) is 6.04 Å². The van der Waals surface area contributed by atoms with Crippen LogP contribution in [0.5, 0.6) is 0 Å². The highest BCUT2D eigenvalue weighted by Crippen LogP contribution is 2.22. The molecule has 2 aromatic rings. The predicted molar refractivity (Wildman–Crippen MR) is 68.4 cm³/mol. The molecule has 7 heteroatoms. The Morgan fingerprint density at radius 1 is 1.50 bits per heavy atom. The lowest BCUT2D eigenvalue weighted by molar-refractivity contribution is -0.143. The number of methoxy groups -OCH3 is 1. The van der Waals surface area contributed by atoms with Crippen LogP contribution in [-0.4, -0.2) is 27.8 Å². The molecule has 0 aliphatic carbocycles. The fourth-order valence-corrected chi connectivity index (χ4v) is 1.95. The number of anilines is 1. The van der Waals surface area contributed by atoms with Gasteiger partial charge in [0.25, 0.3) is 0 Å². The highest BCUT2D eigenvalue weighted by Gasteiger charge is 2.26. The van der Waals surface area contributed by atoms with Crippen LogP contribution in [-0.2, 0) is 9.53 Å². The quantitative estimate of drug-likeness (QED) is 0.644. The Kier molecular flexibility index (Phi) is 3.42. The highest BCUT2D eigenvalue weighted by molar-refractivity contribution is 7.71. The lowest BCUT2D eigenvalue weighted by atomic mass is 10.1. The third-order valence-corrected chi connectivity index (χ3v) is 2.82. The number of nitrogens with one attached hydrogen (secondary N) is 1. The lowest BCUT2D eigenvalue weighted by Crippen LogP contribution is -2.23. The molecule has 1 atom stereocenters. The fourth-order valence-electron chi connectivity index (χ4n) is 1.70. The largest absolute Gasteiger partial charge is 0.467 e. The van der Waals surface area contributed by atoms with Crippen molar-refractivity contribution in [1.29, 1.82) is 0 Å². The molecule has 2 rings (SSSR count). The van der Waals surface area contributed by atoms with Crippen LogP contribution in [0.25, 0.3) is 0 Å². The van der Waals surface area contributed by atoms with Crippen molar-refractivity contribution in [3.8, 4) is 0 Å². The van der Waals surface area contributed by atoms with Gasteiger partial charge in [0.15, 0.2) is 10.8 Å². The molecule has 1 heterocycles. The van der Waals surface area contributed by atoms with E-state index in [2.05, 4.69) is 10.2 Å². The molecule has 0 amide bonds. The molecular weight excluding hydrogens is 252 g/mol. The Bertz CT molecular complexity index is 605. The average Bonchev–Trinajstić information content (AvgIpc) is 2.72. The molecule has 0 aliphatic heterocycles. The van der Waals surface area contributed by atoms with E-state index in [4.69, 9.17) is 22.7 Å². The van der Waals surface area contributed by atoms with Gasteiger partial charge >= 0.3 is 5.97 Å². The second kappa shape index (κ2) is 5.01. The number of ether oxygens (including phenoxy) is 1. The van der Waals surface area contributed by atoms with Gasteiger partial charge < -0.3 is 10.5 Å². The third kappa shape index (κ3) is 2.12. The van der Waals surface area contributed by atoms with Crippen molar-refractivity contribution in [3.05, 3.63) is 40.7 Å². The summed E-state index contributed by atoms with van der Waals surface area (Å²) in [6.45, 7) is 0. The first-order valence-electron chi connectivity index (χ1n) is 5.20. The summed E-state index contributed by atoms with van der Waals surface area (Å²) in [6, 6.07) is 8.38. The molecule has 1 unspecified atom stereocenters. The molecule has 3 N–H and O–H groups in total. The Hall–Kier alpha value is -2.15. The van der Waals surface area contributed by atoms with Gasteiger partial charge in [-0.2, -0.15) is 0 Å². The number of aromatic amines is 1. The number of hydrogen-bond donors (Lipinski definition) is 2. The summed E-state index contributed by atoms with van der Waals surface area (Å²) >= 11 is 5.07. The van der Waals surface area contributed by atoms with E-state index < -0.39 is 12.0 Å². The predicted octanol–water partition coefficient (Wildman–Crippen LogP) is 1.29. The van der Waals surface area contributed by atoms with Crippen LogP contribution in [0.1, 0.15) is 11.6 Å². The summed E-state index contributed by atoms with van der Waals surface area (Å²) < 4.78 is 6.49. The minimum absolute atomic E-state index is 0.138. The van der Waals surface area contributed by atoms with Crippen LogP contribution < -0.4 is 5.73 Å². The van der Waals surface area contributed by atoms with Crippen LogP contribution in [0.15, 0.2) is 30.3 Å². The van der Waals surface area contributed by atoms with Gasteiger partial charge in [0.1, 0.15) is 0 Å². The van der Waals surface area contributed by atoms with Crippen LogP contribution in [0.3, 0.4) is 0 Å². The summed E-state index contributed by atoms with van der Waals surface area (Å²) in [4.78, 5) is 11.9. The standard InChI is InChI=1S/C11H12N4O2S/c1-17-9(16)8(7-5-3-2-4-6-7)15-10(12)13-14-11(15)18/h2-6,8H,1H3,(H2,12,13)(H,14,18). The number of hydrogen-bond acceptors (Lipinski definition) is 5.